The Bertz CT molecular complexity index is 633. The van der Waals surface area contributed by atoms with E-state index in [4.69, 9.17) is 0 Å². The second-order valence-corrected chi connectivity index (χ2v) is 8.45. The van der Waals surface area contributed by atoms with Crippen LogP contribution >= 0.6 is 0 Å². The van der Waals surface area contributed by atoms with Gasteiger partial charge in [0.05, 0.1) is 6.54 Å². The Morgan fingerprint density at radius 3 is 2.25 bits per heavy atom. The molecule has 2 saturated heterocycles. The van der Waals surface area contributed by atoms with Gasteiger partial charge >= 0.3 is 0 Å². The van der Waals surface area contributed by atoms with E-state index in [0.717, 1.165) is 69.9 Å². The highest BCUT2D eigenvalue weighted by atomic mass is 16.2. The summed E-state index contributed by atoms with van der Waals surface area (Å²) in [5.41, 5.74) is 1.16. The summed E-state index contributed by atoms with van der Waals surface area (Å²) in [6.45, 7) is 9.68. The Morgan fingerprint density at radius 1 is 1.00 bits per heavy atom. The molecule has 0 saturated carbocycles. The fourth-order valence-corrected chi connectivity index (χ4v) is 4.30. The molecule has 0 spiro atoms. The van der Waals surface area contributed by atoms with Gasteiger partial charge in [-0.15, -0.1) is 0 Å². The van der Waals surface area contributed by atoms with Gasteiger partial charge < -0.3 is 9.80 Å². The number of carbonyl (C=O) groups is 2. The average molecular weight is 386 g/mol. The third-order valence-corrected chi connectivity index (χ3v) is 6.34. The molecular formula is C23H35N3O2. The minimum absolute atomic E-state index is 0.145. The number of hydrogen-bond donors (Lipinski definition) is 0. The minimum Gasteiger partial charge on any atom is -0.342 e. The molecule has 0 aromatic heterocycles. The van der Waals surface area contributed by atoms with Gasteiger partial charge in [-0.1, -0.05) is 37.3 Å². The van der Waals surface area contributed by atoms with Crippen LogP contribution in [0.5, 0.6) is 0 Å². The van der Waals surface area contributed by atoms with Gasteiger partial charge in [-0.05, 0) is 57.2 Å². The molecule has 2 amide bonds. The maximum atomic E-state index is 12.8. The molecule has 0 aliphatic carbocycles. The van der Waals surface area contributed by atoms with E-state index in [1.54, 1.807) is 0 Å². The molecular weight excluding hydrogens is 350 g/mol. The van der Waals surface area contributed by atoms with Crippen LogP contribution in [0.2, 0.25) is 0 Å². The first kappa shape index (κ1) is 20.8. The molecule has 1 aromatic rings. The van der Waals surface area contributed by atoms with Crippen LogP contribution in [0, 0.1) is 11.8 Å². The van der Waals surface area contributed by atoms with Gasteiger partial charge in [0.2, 0.25) is 11.8 Å². The van der Waals surface area contributed by atoms with E-state index in [9.17, 15) is 9.59 Å². The van der Waals surface area contributed by atoms with Gasteiger partial charge in [0.15, 0.2) is 0 Å². The lowest BCUT2D eigenvalue weighted by Gasteiger charge is -2.37. The van der Waals surface area contributed by atoms with Crippen LogP contribution in [0.3, 0.4) is 0 Å². The Balaban J connectivity index is 1.44. The van der Waals surface area contributed by atoms with Crippen LogP contribution in [-0.4, -0.2) is 65.8 Å². The van der Waals surface area contributed by atoms with Crippen molar-refractivity contribution in [3.63, 3.8) is 0 Å². The minimum atomic E-state index is 0.145. The number of likely N-dealkylation sites (N-methyl/N-ethyl adjacent to an activating group) is 1. The third-order valence-electron chi connectivity index (χ3n) is 6.34. The zero-order chi connectivity index (χ0) is 19.9. The zero-order valence-corrected chi connectivity index (χ0v) is 17.5. The number of likely N-dealkylation sites (tertiary alicyclic amines) is 2. The van der Waals surface area contributed by atoms with Gasteiger partial charge in [-0.25, -0.2) is 0 Å². The number of carbonyl (C=O) groups excluding carboxylic acids is 2. The summed E-state index contributed by atoms with van der Waals surface area (Å²) < 4.78 is 0. The summed E-state index contributed by atoms with van der Waals surface area (Å²) in [6, 6.07) is 10.1. The fourth-order valence-electron chi connectivity index (χ4n) is 4.30. The van der Waals surface area contributed by atoms with Crippen LogP contribution in [0.1, 0.15) is 45.1 Å². The van der Waals surface area contributed by atoms with E-state index in [1.807, 2.05) is 30.0 Å². The number of benzene rings is 1. The van der Waals surface area contributed by atoms with E-state index in [0.29, 0.717) is 19.0 Å². The first-order chi connectivity index (χ1) is 13.6. The summed E-state index contributed by atoms with van der Waals surface area (Å²) in [7, 11) is 0. The summed E-state index contributed by atoms with van der Waals surface area (Å²) in [6.07, 6.45) is 4.02. The molecule has 2 fully saturated rings. The third kappa shape index (κ3) is 5.57. The van der Waals surface area contributed by atoms with Crippen molar-refractivity contribution in [2.45, 2.75) is 46.1 Å². The van der Waals surface area contributed by atoms with E-state index in [1.165, 1.54) is 0 Å². The van der Waals surface area contributed by atoms with Crippen molar-refractivity contribution in [2.24, 2.45) is 11.8 Å². The Hall–Kier alpha value is -1.88. The van der Waals surface area contributed by atoms with Gasteiger partial charge in [-0.2, -0.15) is 0 Å². The monoisotopic (exact) mass is 385 g/mol. The van der Waals surface area contributed by atoms with Crippen LogP contribution in [-0.2, 0) is 16.1 Å². The maximum Gasteiger partial charge on any atom is 0.237 e. The standard InChI is InChI=1S/C23H35N3O2/c1-3-25(17-20-7-5-4-6-8-20)22(27)18-24-13-11-21(12-14-24)23(28)26-15-9-19(2)10-16-26/h4-8,19,21H,3,9-18H2,1-2H3. The fraction of sp³-hybridized carbons (Fsp3) is 0.652. The van der Waals surface area contributed by atoms with Crippen molar-refractivity contribution >= 4 is 11.8 Å². The smallest absolute Gasteiger partial charge is 0.237 e. The predicted octanol–water partition coefficient (Wildman–Crippen LogP) is 3.01. The molecule has 0 atom stereocenters. The van der Waals surface area contributed by atoms with E-state index < -0.39 is 0 Å². The summed E-state index contributed by atoms with van der Waals surface area (Å²) in [4.78, 5) is 31.7. The van der Waals surface area contributed by atoms with E-state index in [-0.39, 0.29) is 11.8 Å². The lowest BCUT2D eigenvalue weighted by atomic mass is 9.92. The van der Waals surface area contributed by atoms with Crippen molar-refractivity contribution < 1.29 is 9.59 Å². The van der Waals surface area contributed by atoms with E-state index in [2.05, 4.69) is 28.9 Å². The molecule has 2 aliphatic rings. The lowest BCUT2D eigenvalue weighted by molar-refractivity contribution is -0.138. The van der Waals surface area contributed by atoms with Gasteiger partial charge in [0, 0.05) is 32.1 Å². The number of nitrogens with zero attached hydrogens (tertiary/aromatic N) is 3. The Morgan fingerprint density at radius 2 is 1.64 bits per heavy atom. The maximum absolute atomic E-state index is 12.8. The highest BCUT2D eigenvalue weighted by Gasteiger charge is 2.31. The molecule has 5 nitrogen and oxygen atoms in total. The molecule has 154 valence electrons. The normalized spacial score (nSPS) is 19.6. The number of rotatable bonds is 6. The summed E-state index contributed by atoms with van der Waals surface area (Å²) in [5.74, 6) is 1.42. The largest absolute Gasteiger partial charge is 0.342 e. The van der Waals surface area contributed by atoms with Gasteiger partial charge in [0.25, 0.3) is 0 Å². The van der Waals surface area contributed by atoms with Crippen molar-refractivity contribution in [3.05, 3.63) is 35.9 Å². The molecule has 0 unspecified atom stereocenters. The topological polar surface area (TPSA) is 43.9 Å². The number of hydrogen-bond acceptors (Lipinski definition) is 3. The van der Waals surface area contributed by atoms with Crippen LogP contribution in [0.25, 0.3) is 0 Å². The SMILES string of the molecule is CCN(Cc1ccccc1)C(=O)CN1CCC(C(=O)N2CCC(C)CC2)CC1. The number of amides is 2. The highest BCUT2D eigenvalue weighted by molar-refractivity contribution is 5.79. The van der Waals surface area contributed by atoms with E-state index >= 15 is 0 Å². The van der Waals surface area contributed by atoms with Crippen molar-refractivity contribution in [1.29, 1.82) is 0 Å². The van der Waals surface area contributed by atoms with Crippen molar-refractivity contribution in [1.82, 2.24) is 14.7 Å². The molecule has 0 N–H and O–H groups in total. The van der Waals surface area contributed by atoms with Crippen LogP contribution < -0.4 is 0 Å². The predicted molar refractivity (Wildman–Crippen MR) is 112 cm³/mol. The van der Waals surface area contributed by atoms with Gasteiger partial charge in [0.1, 0.15) is 0 Å². The molecule has 2 heterocycles. The quantitative estimate of drug-likeness (QED) is 0.756. The highest BCUT2D eigenvalue weighted by Crippen LogP contribution is 2.23. The van der Waals surface area contributed by atoms with Gasteiger partial charge in [-0.3, -0.25) is 14.5 Å². The molecule has 5 heteroatoms. The number of piperidine rings is 2. The van der Waals surface area contributed by atoms with Crippen LogP contribution in [0.4, 0.5) is 0 Å². The van der Waals surface area contributed by atoms with Crippen LogP contribution in [0.15, 0.2) is 30.3 Å². The zero-order valence-electron chi connectivity index (χ0n) is 17.5. The first-order valence-corrected chi connectivity index (χ1v) is 10.9. The molecule has 0 bridgehead atoms. The average Bonchev–Trinajstić information content (AvgIpc) is 2.73. The summed E-state index contributed by atoms with van der Waals surface area (Å²) >= 11 is 0. The Kier molecular flexibility index (Phi) is 7.49. The second-order valence-electron chi connectivity index (χ2n) is 8.45. The van der Waals surface area contributed by atoms with Crippen molar-refractivity contribution in [3.8, 4) is 0 Å². The molecule has 28 heavy (non-hydrogen) atoms. The Labute approximate surface area is 169 Å². The second kappa shape index (κ2) is 10.1. The molecule has 3 rings (SSSR count). The first-order valence-electron chi connectivity index (χ1n) is 10.9. The molecule has 0 radical (unpaired) electrons. The molecule has 1 aromatic carbocycles. The summed E-state index contributed by atoms with van der Waals surface area (Å²) in [5, 5.41) is 0. The lowest BCUT2D eigenvalue weighted by Crippen LogP contribution is -2.47. The molecule has 2 aliphatic heterocycles. The van der Waals surface area contributed by atoms with Crippen molar-refractivity contribution in [2.75, 3.05) is 39.3 Å².